The van der Waals surface area contributed by atoms with E-state index in [4.69, 9.17) is 0 Å². The highest BCUT2D eigenvalue weighted by Gasteiger charge is 2.16. The van der Waals surface area contributed by atoms with Gasteiger partial charge in [0.1, 0.15) is 8.24 Å². The van der Waals surface area contributed by atoms with Crippen molar-refractivity contribution in [2.75, 3.05) is 0 Å². The third-order valence-corrected chi connectivity index (χ3v) is 4.00. The summed E-state index contributed by atoms with van der Waals surface area (Å²) in [5.74, 6) is 0.173. The Kier molecular flexibility index (Phi) is 4.05. The Labute approximate surface area is 115 Å². The third kappa shape index (κ3) is 4.21. The molecule has 0 atom stereocenters. The van der Waals surface area contributed by atoms with E-state index in [0.29, 0.717) is 6.42 Å². The fraction of sp³-hybridized carbons (Fsp3) is 0.312. The molecule has 0 radical (unpaired) electrons. The van der Waals surface area contributed by atoms with Gasteiger partial charge in [-0.2, -0.15) is 0 Å². The maximum atomic E-state index is 11.8. The van der Waals surface area contributed by atoms with Gasteiger partial charge in [-0.15, -0.1) is 0 Å². The van der Waals surface area contributed by atoms with Crippen molar-refractivity contribution in [3.63, 3.8) is 0 Å². The normalized spacial score (nSPS) is 11.5. The third-order valence-electron chi connectivity index (χ3n) is 2.97. The largest absolute Gasteiger partial charge is 0.382 e. The van der Waals surface area contributed by atoms with E-state index >= 15 is 0 Å². The maximum Gasteiger partial charge on any atom is 0.212 e. The van der Waals surface area contributed by atoms with Crippen molar-refractivity contribution in [3.05, 3.63) is 48.0 Å². The number of rotatable bonds is 4. The van der Waals surface area contributed by atoms with Crippen LogP contribution in [0.5, 0.6) is 0 Å². The zero-order chi connectivity index (χ0) is 13.9. The van der Waals surface area contributed by atoms with E-state index in [-0.39, 0.29) is 5.91 Å². The molecule has 0 fully saturated rings. The lowest BCUT2D eigenvalue weighted by molar-refractivity contribution is -0.119. The van der Waals surface area contributed by atoms with Crippen LogP contribution in [0.2, 0.25) is 19.6 Å². The van der Waals surface area contributed by atoms with Gasteiger partial charge in [0.15, 0.2) is 0 Å². The number of fused-ring (bicyclic) bond motifs is 1. The number of benzene rings is 2. The molecule has 2 aromatic rings. The summed E-state index contributed by atoms with van der Waals surface area (Å²) in [7, 11) is -1.50. The molecule has 0 unspecified atom stereocenters. The van der Waals surface area contributed by atoms with Crippen LogP contribution >= 0.6 is 0 Å². The number of aryl methyl sites for hydroxylation is 1. The molecule has 2 nitrogen and oxygen atoms in total. The predicted octanol–water partition coefficient (Wildman–Crippen LogP) is 3.72. The average Bonchev–Trinajstić information content (AvgIpc) is 2.34. The minimum Gasteiger partial charge on any atom is -0.382 e. The molecule has 0 heterocycles. The summed E-state index contributed by atoms with van der Waals surface area (Å²) in [6.07, 6.45) is 1.38. The molecule has 0 saturated carbocycles. The van der Waals surface area contributed by atoms with Gasteiger partial charge < -0.3 is 4.98 Å². The Morgan fingerprint density at radius 2 is 1.74 bits per heavy atom. The minimum absolute atomic E-state index is 0.173. The topological polar surface area (TPSA) is 29.1 Å². The Morgan fingerprint density at radius 1 is 1.05 bits per heavy atom. The van der Waals surface area contributed by atoms with E-state index in [9.17, 15) is 4.79 Å². The van der Waals surface area contributed by atoms with Crippen molar-refractivity contribution in [1.82, 2.24) is 4.98 Å². The smallest absolute Gasteiger partial charge is 0.212 e. The first-order valence-electron chi connectivity index (χ1n) is 6.73. The van der Waals surface area contributed by atoms with Gasteiger partial charge in [-0.25, -0.2) is 0 Å². The average molecular weight is 271 g/mol. The molecule has 19 heavy (non-hydrogen) atoms. The van der Waals surface area contributed by atoms with Crippen molar-refractivity contribution < 1.29 is 4.79 Å². The zero-order valence-electron chi connectivity index (χ0n) is 11.9. The number of nitrogens with one attached hydrogen (secondary N) is 1. The zero-order valence-corrected chi connectivity index (χ0v) is 12.9. The van der Waals surface area contributed by atoms with Crippen LogP contribution in [-0.2, 0) is 11.2 Å². The monoisotopic (exact) mass is 271 g/mol. The maximum absolute atomic E-state index is 11.8. The summed E-state index contributed by atoms with van der Waals surface area (Å²) in [6.45, 7) is 6.42. The standard InChI is InChI=1S/C16H21NOSi/c1-19(2,3)17-16(18)11-9-13-8-10-14-6-4-5-7-15(14)12-13/h4-8,10,12H,9,11H2,1-3H3,(H,17,18). The predicted molar refractivity (Wildman–Crippen MR) is 83.8 cm³/mol. The molecule has 1 amide bonds. The molecule has 0 spiro atoms. The summed E-state index contributed by atoms with van der Waals surface area (Å²) in [6, 6.07) is 14.7. The highest BCUT2D eigenvalue weighted by molar-refractivity contribution is 6.75. The van der Waals surface area contributed by atoms with Crippen LogP contribution in [0.3, 0.4) is 0 Å². The van der Waals surface area contributed by atoms with Crippen LogP contribution < -0.4 is 4.98 Å². The Morgan fingerprint density at radius 3 is 2.42 bits per heavy atom. The van der Waals surface area contributed by atoms with Crippen LogP contribution in [0, 0.1) is 0 Å². The summed E-state index contributed by atoms with van der Waals surface area (Å²) in [5, 5.41) is 2.49. The van der Waals surface area contributed by atoms with Crippen LogP contribution in [0.1, 0.15) is 12.0 Å². The molecule has 0 aliphatic heterocycles. The molecule has 2 aromatic carbocycles. The number of hydrogen-bond acceptors (Lipinski definition) is 1. The molecule has 0 saturated heterocycles. The molecule has 3 heteroatoms. The van der Waals surface area contributed by atoms with E-state index < -0.39 is 8.24 Å². The van der Waals surface area contributed by atoms with Crippen molar-refractivity contribution in [1.29, 1.82) is 0 Å². The molecule has 2 rings (SSSR count). The summed E-state index contributed by atoms with van der Waals surface area (Å²) < 4.78 is 0. The summed E-state index contributed by atoms with van der Waals surface area (Å²) in [5.41, 5.74) is 1.23. The summed E-state index contributed by atoms with van der Waals surface area (Å²) >= 11 is 0. The second kappa shape index (κ2) is 5.57. The van der Waals surface area contributed by atoms with Gasteiger partial charge in [-0.1, -0.05) is 62.1 Å². The minimum atomic E-state index is -1.50. The molecule has 0 aliphatic carbocycles. The van der Waals surface area contributed by atoms with E-state index in [2.05, 4.69) is 55.0 Å². The van der Waals surface area contributed by atoms with Gasteiger partial charge >= 0.3 is 0 Å². The second-order valence-corrected chi connectivity index (χ2v) is 10.7. The molecule has 0 bridgehead atoms. The fourth-order valence-electron chi connectivity index (χ4n) is 2.13. The van der Waals surface area contributed by atoms with Gasteiger partial charge in [0.25, 0.3) is 0 Å². The molecule has 0 aromatic heterocycles. The Hall–Kier alpha value is -1.61. The van der Waals surface area contributed by atoms with Crippen molar-refractivity contribution in [2.45, 2.75) is 32.5 Å². The fourth-order valence-corrected chi connectivity index (χ4v) is 3.09. The van der Waals surface area contributed by atoms with E-state index in [1.807, 2.05) is 12.1 Å². The second-order valence-electron chi connectivity index (χ2n) is 5.98. The van der Waals surface area contributed by atoms with Crippen molar-refractivity contribution >= 4 is 24.9 Å². The van der Waals surface area contributed by atoms with Crippen LogP contribution in [0.15, 0.2) is 42.5 Å². The van der Waals surface area contributed by atoms with Crippen molar-refractivity contribution in [2.24, 2.45) is 0 Å². The molecular formula is C16H21NOSi. The van der Waals surface area contributed by atoms with Crippen LogP contribution in [-0.4, -0.2) is 14.1 Å². The highest BCUT2D eigenvalue weighted by atomic mass is 28.3. The Balaban J connectivity index is 2.00. The van der Waals surface area contributed by atoms with Gasteiger partial charge in [-0.3, -0.25) is 4.79 Å². The highest BCUT2D eigenvalue weighted by Crippen LogP contribution is 2.16. The van der Waals surface area contributed by atoms with Gasteiger partial charge in [-0.05, 0) is 22.8 Å². The quantitative estimate of drug-likeness (QED) is 0.844. The molecule has 0 aliphatic rings. The SMILES string of the molecule is C[Si](C)(C)NC(=O)CCc1ccc2ccccc2c1. The van der Waals surface area contributed by atoms with E-state index in [0.717, 1.165) is 6.42 Å². The van der Waals surface area contributed by atoms with Crippen LogP contribution in [0.4, 0.5) is 0 Å². The van der Waals surface area contributed by atoms with Crippen molar-refractivity contribution in [3.8, 4) is 0 Å². The lowest BCUT2D eigenvalue weighted by Gasteiger charge is -2.17. The summed E-state index contributed by atoms with van der Waals surface area (Å²) in [4.78, 5) is 14.9. The molecule has 1 N–H and O–H groups in total. The number of hydrogen-bond donors (Lipinski definition) is 1. The number of carbonyl (C=O) groups is 1. The first-order chi connectivity index (χ1) is 8.94. The lowest BCUT2D eigenvalue weighted by Crippen LogP contribution is -2.45. The molecular weight excluding hydrogens is 250 g/mol. The first-order valence-corrected chi connectivity index (χ1v) is 10.2. The van der Waals surface area contributed by atoms with Gasteiger partial charge in [0.05, 0.1) is 0 Å². The van der Waals surface area contributed by atoms with E-state index in [1.54, 1.807) is 0 Å². The number of amides is 1. The Bertz CT molecular complexity index is 587. The van der Waals surface area contributed by atoms with Crippen LogP contribution in [0.25, 0.3) is 10.8 Å². The van der Waals surface area contributed by atoms with Gasteiger partial charge in [0, 0.05) is 6.42 Å². The van der Waals surface area contributed by atoms with E-state index in [1.165, 1.54) is 16.3 Å². The number of carbonyl (C=O) groups excluding carboxylic acids is 1. The van der Waals surface area contributed by atoms with Gasteiger partial charge in [0.2, 0.25) is 5.91 Å². The lowest BCUT2D eigenvalue weighted by atomic mass is 10.0. The first kappa shape index (κ1) is 13.8. The molecule has 100 valence electrons.